The fourth-order valence-corrected chi connectivity index (χ4v) is 1.29. The van der Waals surface area contributed by atoms with Crippen molar-refractivity contribution in [2.75, 3.05) is 11.2 Å². The lowest BCUT2D eigenvalue weighted by Gasteiger charge is -2.07. The van der Waals surface area contributed by atoms with Crippen LogP contribution >= 0.6 is 11.6 Å². The molecule has 0 saturated heterocycles. The maximum atomic E-state index is 11.4. The molecule has 1 aromatic heterocycles. The number of halogens is 1. The van der Waals surface area contributed by atoms with E-state index in [1.807, 2.05) is 13.8 Å². The van der Waals surface area contributed by atoms with Crippen molar-refractivity contribution in [3.05, 3.63) is 12.4 Å². The van der Waals surface area contributed by atoms with Gasteiger partial charge in [0.15, 0.2) is 0 Å². The summed E-state index contributed by atoms with van der Waals surface area (Å²) in [6.07, 6.45) is 3.04. The molecular weight excluding hydrogens is 244 g/mol. The number of anilines is 1. The molecule has 0 fully saturated rings. The third kappa shape index (κ3) is 4.86. The maximum Gasteiger partial charge on any atom is 0.241 e. The van der Waals surface area contributed by atoms with Crippen LogP contribution in [0.2, 0.25) is 0 Å². The number of hydrogen-bond acceptors (Lipinski definition) is 3. The smallest absolute Gasteiger partial charge is 0.241 e. The highest BCUT2D eigenvalue weighted by Crippen LogP contribution is 2.04. The van der Waals surface area contributed by atoms with Crippen LogP contribution in [0.15, 0.2) is 12.4 Å². The van der Waals surface area contributed by atoms with Crippen molar-refractivity contribution in [2.24, 2.45) is 0 Å². The molecule has 17 heavy (non-hydrogen) atoms. The van der Waals surface area contributed by atoms with Crippen molar-refractivity contribution in [3.63, 3.8) is 0 Å². The number of rotatable bonds is 5. The first-order chi connectivity index (χ1) is 8.01. The first-order valence-electron chi connectivity index (χ1n) is 5.19. The number of carbonyl (C=O) groups excluding carboxylic acids is 2. The molecule has 0 aliphatic rings. The Morgan fingerprint density at radius 3 is 2.76 bits per heavy atom. The zero-order valence-corrected chi connectivity index (χ0v) is 10.5. The third-order valence-electron chi connectivity index (χ3n) is 1.79. The van der Waals surface area contributed by atoms with E-state index in [1.54, 1.807) is 6.20 Å². The van der Waals surface area contributed by atoms with Crippen LogP contribution in [0.3, 0.4) is 0 Å². The summed E-state index contributed by atoms with van der Waals surface area (Å²) in [5, 5.41) is 9.23. The SMILES string of the molecule is CC(C)NC(=O)Cn1cc(NC(=O)CCl)cn1. The molecule has 1 heterocycles. The Morgan fingerprint density at radius 2 is 2.18 bits per heavy atom. The van der Waals surface area contributed by atoms with Crippen LogP contribution in [0.5, 0.6) is 0 Å². The van der Waals surface area contributed by atoms with E-state index >= 15 is 0 Å². The van der Waals surface area contributed by atoms with Gasteiger partial charge in [-0.3, -0.25) is 14.3 Å². The molecule has 0 saturated carbocycles. The molecule has 0 aliphatic heterocycles. The molecule has 0 bridgehead atoms. The van der Waals surface area contributed by atoms with Crippen LogP contribution in [0.4, 0.5) is 5.69 Å². The summed E-state index contributed by atoms with van der Waals surface area (Å²) in [6, 6.07) is 0.0912. The van der Waals surface area contributed by atoms with Crippen LogP contribution in [-0.4, -0.2) is 33.5 Å². The molecule has 6 nitrogen and oxygen atoms in total. The van der Waals surface area contributed by atoms with Gasteiger partial charge in [-0.05, 0) is 13.8 Å². The van der Waals surface area contributed by atoms with Gasteiger partial charge in [-0.25, -0.2) is 0 Å². The summed E-state index contributed by atoms with van der Waals surface area (Å²) in [5.41, 5.74) is 0.521. The zero-order chi connectivity index (χ0) is 12.8. The molecule has 2 N–H and O–H groups in total. The highest BCUT2D eigenvalue weighted by atomic mass is 35.5. The summed E-state index contributed by atoms with van der Waals surface area (Å²) in [4.78, 5) is 22.4. The lowest BCUT2D eigenvalue weighted by atomic mass is 10.4. The summed E-state index contributed by atoms with van der Waals surface area (Å²) in [6.45, 7) is 3.88. The van der Waals surface area contributed by atoms with E-state index in [0.29, 0.717) is 5.69 Å². The van der Waals surface area contributed by atoms with Crippen molar-refractivity contribution in [1.29, 1.82) is 0 Å². The van der Waals surface area contributed by atoms with E-state index in [0.717, 1.165) is 0 Å². The van der Waals surface area contributed by atoms with Crippen molar-refractivity contribution in [2.45, 2.75) is 26.4 Å². The summed E-state index contributed by atoms with van der Waals surface area (Å²) < 4.78 is 1.45. The Balaban J connectivity index is 2.51. The van der Waals surface area contributed by atoms with Gasteiger partial charge < -0.3 is 10.6 Å². The molecule has 0 spiro atoms. The van der Waals surface area contributed by atoms with Crippen LogP contribution in [-0.2, 0) is 16.1 Å². The highest BCUT2D eigenvalue weighted by molar-refractivity contribution is 6.29. The minimum atomic E-state index is -0.308. The minimum Gasteiger partial charge on any atom is -0.352 e. The Hall–Kier alpha value is -1.56. The standard InChI is InChI=1S/C10H15ClN4O2/c1-7(2)13-10(17)6-15-5-8(4-12-15)14-9(16)3-11/h4-5,7H,3,6H2,1-2H3,(H,13,17)(H,14,16). The molecule has 0 radical (unpaired) electrons. The topological polar surface area (TPSA) is 76.0 Å². The molecular formula is C10H15ClN4O2. The second kappa shape index (κ2) is 6.24. The lowest BCUT2D eigenvalue weighted by Crippen LogP contribution is -2.33. The van der Waals surface area contributed by atoms with Crippen molar-refractivity contribution >= 4 is 29.1 Å². The number of carbonyl (C=O) groups is 2. The normalized spacial score (nSPS) is 10.4. The first kappa shape index (κ1) is 13.5. The van der Waals surface area contributed by atoms with Gasteiger partial charge in [0.05, 0.1) is 11.9 Å². The first-order valence-corrected chi connectivity index (χ1v) is 5.72. The number of aromatic nitrogens is 2. The van der Waals surface area contributed by atoms with E-state index in [4.69, 9.17) is 11.6 Å². The van der Waals surface area contributed by atoms with Crippen LogP contribution in [0.25, 0.3) is 0 Å². The van der Waals surface area contributed by atoms with Gasteiger partial charge in [-0.2, -0.15) is 5.10 Å². The average molecular weight is 259 g/mol. The van der Waals surface area contributed by atoms with Gasteiger partial charge in [0.25, 0.3) is 0 Å². The number of alkyl halides is 1. The van der Waals surface area contributed by atoms with Crippen molar-refractivity contribution < 1.29 is 9.59 Å². The Bertz CT molecular complexity index is 403. The van der Waals surface area contributed by atoms with Gasteiger partial charge in [0, 0.05) is 12.2 Å². The fraction of sp³-hybridized carbons (Fsp3) is 0.500. The predicted octanol–water partition coefficient (Wildman–Crippen LogP) is 0.585. The van der Waals surface area contributed by atoms with E-state index in [-0.39, 0.29) is 30.3 Å². The molecule has 0 aromatic carbocycles. The van der Waals surface area contributed by atoms with Crippen LogP contribution in [0.1, 0.15) is 13.8 Å². The molecule has 0 aliphatic carbocycles. The summed E-state index contributed by atoms with van der Waals surface area (Å²) >= 11 is 5.35. The van der Waals surface area contributed by atoms with Gasteiger partial charge >= 0.3 is 0 Å². The Kier molecular flexibility index (Phi) is 4.96. The number of amides is 2. The van der Waals surface area contributed by atoms with E-state index in [1.165, 1.54) is 10.9 Å². The second-order valence-electron chi connectivity index (χ2n) is 3.83. The number of nitrogens with zero attached hydrogens (tertiary/aromatic N) is 2. The Labute approximate surface area is 104 Å². The third-order valence-corrected chi connectivity index (χ3v) is 2.04. The highest BCUT2D eigenvalue weighted by Gasteiger charge is 2.07. The average Bonchev–Trinajstić information content (AvgIpc) is 2.63. The van der Waals surface area contributed by atoms with Crippen LogP contribution < -0.4 is 10.6 Å². The zero-order valence-electron chi connectivity index (χ0n) is 9.74. The molecule has 94 valence electrons. The second-order valence-corrected chi connectivity index (χ2v) is 4.10. The Morgan fingerprint density at radius 1 is 1.47 bits per heavy atom. The molecule has 2 amide bonds. The van der Waals surface area contributed by atoms with Gasteiger partial charge in [0.1, 0.15) is 12.4 Å². The molecule has 1 aromatic rings. The fourth-order valence-electron chi connectivity index (χ4n) is 1.22. The minimum absolute atomic E-state index is 0.0912. The predicted molar refractivity (Wildman–Crippen MR) is 64.9 cm³/mol. The number of nitrogens with one attached hydrogen (secondary N) is 2. The van der Waals surface area contributed by atoms with E-state index in [9.17, 15) is 9.59 Å². The lowest BCUT2D eigenvalue weighted by molar-refractivity contribution is -0.122. The molecule has 7 heteroatoms. The molecule has 0 atom stereocenters. The van der Waals surface area contributed by atoms with Crippen molar-refractivity contribution in [3.8, 4) is 0 Å². The number of hydrogen-bond donors (Lipinski definition) is 2. The van der Waals surface area contributed by atoms with Gasteiger partial charge in [0.2, 0.25) is 11.8 Å². The van der Waals surface area contributed by atoms with Gasteiger partial charge in [-0.1, -0.05) is 0 Å². The van der Waals surface area contributed by atoms with Crippen molar-refractivity contribution in [1.82, 2.24) is 15.1 Å². The monoisotopic (exact) mass is 258 g/mol. The summed E-state index contributed by atoms with van der Waals surface area (Å²) in [5.74, 6) is -0.546. The van der Waals surface area contributed by atoms with E-state index < -0.39 is 0 Å². The molecule has 1 rings (SSSR count). The maximum absolute atomic E-state index is 11.4. The quantitative estimate of drug-likeness (QED) is 0.759. The van der Waals surface area contributed by atoms with E-state index in [2.05, 4.69) is 15.7 Å². The molecule has 0 unspecified atom stereocenters. The van der Waals surface area contributed by atoms with Gasteiger partial charge in [-0.15, -0.1) is 11.6 Å². The summed E-state index contributed by atoms with van der Waals surface area (Å²) in [7, 11) is 0. The largest absolute Gasteiger partial charge is 0.352 e. The van der Waals surface area contributed by atoms with Crippen LogP contribution in [0, 0.1) is 0 Å².